The molecule has 1 fully saturated rings. The van der Waals surface area contributed by atoms with E-state index in [4.69, 9.17) is 0 Å². The molecule has 2 atom stereocenters. The lowest BCUT2D eigenvalue weighted by Crippen LogP contribution is -2.31. The Kier molecular flexibility index (Phi) is 3.79. The number of fused-ring (bicyclic) bond motifs is 1. The summed E-state index contributed by atoms with van der Waals surface area (Å²) in [5, 5.41) is 3.11. The van der Waals surface area contributed by atoms with Crippen molar-refractivity contribution in [3.63, 3.8) is 0 Å². The van der Waals surface area contributed by atoms with Crippen molar-refractivity contribution in [1.82, 2.24) is 5.32 Å². The van der Waals surface area contributed by atoms with Crippen LogP contribution >= 0.6 is 0 Å². The molecule has 1 aromatic carbocycles. The van der Waals surface area contributed by atoms with Crippen LogP contribution < -0.4 is 5.32 Å². The van der Waals surface area contributed by atoms with Crippen LogP contribution in [-0.4, -0.2) is 26.3 Å². The van der Waals surface area contributed by atoms with Crippen LogP contribution in [0.25, 0.3) is 0 Å². The van der Waals surface area contributed by atoms with Gasteiger partial charge in [-0.15, -0.1) is 0 Å². The molecule has 1 saturated carbocycles. The van der Waals surface area contributed by atoms with Gasteiger partial charge >= 0.3 is 0 Å². The van der Waals surface area contributed by atoms with Gasteiger partial charge in [0.2, 0.25) is 5.91 Å². The number of benzene rings is 1. The van der Waals surface area contributed by atoms with Crippen molar-refractivity contribution in [3.05, 3.63) is 35.4 Å². The molecule has 22 heavy (non-hydrogen) atoms. The lowest BCUT2D eigenvalue weighted by Gasteiger charge is -2.18. The molecule has 2 aliphatic carbocycles. The van der Waals surface area contributed by atoms with Crippen molar-refractivity contribution in [3.8, 4) is 0 Å². The quantitative estimate of drug-likeness (QED) is 0.906. The molecule has 0 saturated heterocycles. The molecule has 0 bridgehead atoms. The third-order valence-corrected chi connectivity index (χ3v) is 6.02. The zero-order valence-corrected chi connectivity index (χ0v) is 13.9. The Morgan fingerprint density at radius 1 is 1.27 bits per heavy atom. The van der Waals surface area contributed by atoms with Crippen LogP contribution in [0.5, 0.6) is 0 Å². The van der Waals surface area contributed by atoms with Gasteiger partial charge in [-0.3, -0.25) is 4.79 Å². The lowest BCUT2D eigenvalue weighted by molar-refractivity contribution is -0.122. The van der Waals surface area contributed by atoms with Gasteiger partial charge in [0.15, 0.2) is 0 Å². The van der Waals surface area contributed by atoms with E-state index in [0.717, 1.165) is 19.3 Å². The van der Waals surface area contributed by atoms with E-state index in [1.807, 2.05) is 12.1 Å². The maximum atomic E-state index is 12.4. The Bertz CT molecular complexity index is 692. The average Bonchev–Trinajstić information content (AvgIpc) is 3.06. The van der Waals surface area contributed by atoms with Crippen LogP contribution in [0, 0.1) is 5.41 Å². The van der Waals surface area contributed by atoms with Crippen LogP contribution in [0.3, 0.4) is 0 Å². The van der Waals surface area contributed by atoms with Crippen LogP contribution in [0.4, 0.5) is 0 Å². The van der Waals surface area contributed by atoms with E-state index in [9.17, 15) is 13.2 Å². The summed E-state index contributed by atoms with van der Waals surface area (Å²) in [5.74, 6) is 0.563. The third-order valence-electron chi connectivity index (χ3n) is 4.89. The fourth-order valence-corrected chi connectivity index (χ4v) is 5.22. The smallest absolute Gasteiger partial charge is 0.221 e. The number of amides is 1. The van der Waals surface area contributed by atoms with E-state index >= 15 is 0 Å². The predicted octanol–water partition coefficient (Wildman–Crippen LogP) is 2.57. The maximum absolute atomic E-state index is 12.4. The number of hydrogen-bond donors (Lipinski definition) is 1. The number of hydrogen-bond acceptors (Lipinski definition) is 3. The summed E-state index contributed by atoms with van der Waals surface area (Å²) in [5.41, 5.74) is 2.21. The maximum Gasteiger partial charge on any atom is 0.221 e. The van der Waals surface area contributed by atoms with Gasteiger partial charge in [0.05, 0.1) is 11.8 Å². The molecule has 3 rings (SSSR count). The standard InChI is InChI=1S/C17H23NO3S/c1-12-9-15(14-6-4-3-5-13(12)14)18-16(19)10-17(7-8-17)11-22(2,20)21/h3-6,12,15H,7-11H2,1-2H3,(H,18,19). The van der Waals surface area contributed by atoms with Crippen LogP contribution in [0.1, 0.15) is 55.7 Å². The minimum absolute atomic E-state index is 0.0185. The van der Waals surface area contributed by atoms with Crippen molar-refractivity contribution in [2.45, 2.75) is 44.6 Å². The molecule has 1 aromatic rings. The Morgan fingerprint density at radius 2 is 1.91 bits per heavy atom. The fourth-order valence-electron chi connectivity index (χ4n) is 3.71. The molecule has 0 aliphatic heterocycles. The van der Waals surface area contributed by atoms with Crippen LogP contribution in [0.2, 0.25) is 0 Å². The van der Waals surface area contributed by atoms with Crippen molar-refractivity contribution in [1.29, 1.82) is 0 Å². The normalized spacial score (nSPS) is 25.5. The van der Waals surface area contributed by atoms with Crippen molar-refractivity contribution in [2.24, 2.45) is 5.41 Å². The monoisotopic (exact) mass is 321 g/mol. The van der Waals surface area contributed by atoms with E-state index in [0.29, 0.717) is 12.3 Å². The van der Waals surface area contributed by atoms with Gasteiger partial charge in [0.1, 0.15) is 9.84 Å². The van der Waals surface area contributed by atoms with Gasteiger partial charge in [-0.1, -0.05) is 31.2 Å². The molecule has 0 spiro atoms. The van der Waals surface area contributed by atoms with E-state index in [2.05, 4.69) is 24.4 Å². The van der Waals surface area contributed by atoms with Gasteiger partial charge < -0.3 is 5.32 Å². The summed E-state index contributed by atoms with van der Waals surface area (Å²) >= 11 is 0. The Labute approximate surface area is 132 Å². The van der Waals surface area contributed by atoms with E-state index < -0.39 is 9.84 Å². The second-order valence-electron chi connectivity index (χ2n) is 7.13. The van der Waals surface area contributed by atoms with E-state index in [-0.39, 0.29) is 23.1 Å². The van der Waals surface area contributed by atoms with Crippen LogP contribution in [0.15, 0.2) is 24.3 Å². The third kappa shape index (κ3) is 3.35. The lowest BCUT2D eigenvalue weighted by atomic mass is 10.0. The first-order valence-electron chi connectivity index (χ1n) is 7.84. The second-order valence-corrected chi connectivity index (χ2v) is 9.27. The van der Waals surface area contributed by atoms with Gasteiger partial charge in [0.25, 0.3) is 0 Å². The molecule has 5 heteroatoms. The van der Waals surface area contributed by atoms with Crippen molar-refractivity contribution >= 4 is 15.7 Å². The molecule has 2 unspecified atom stereocenters. The Hall–Kier alpha value is -1.36. The molecule has 1 amide bonds. The summed E-state index contributed by atoms with van der Waals surface area (Å²) in [4.78, 5) is 12.4. The first-order valence-corrected chi connectivity index (χ1v) is 9.90. The SMILES string of the molecule is CC1CC(NC(=O)CC2(CS(C)(=O)=O)CC2)c2ccccc21. The molecule has 0 radical (unpaired) electrons. The van der Waals surface area contributed by atoms with Gasteiger partial charge in [-0.2, -0.15) is 0 Å². The zero-order chi connectivity index (χ0) is 16.0. The molecular weight excluding hydrogens is 298 g/mol. The largest absolute Gasteiger partial charge is 0.349 e. The van der Waals surface area contributed by atoms with E-state index in [1.165, 1.54) is 17.4 Å². The van der Waals surface area contributed by atoms with E-state index in [1.54, 1.807) is 0 Å². The molecule has 0 aromatic heterocycles. The highest BCUT2D eigenvalue weighted by Gasteiger charge is 2.47. The zero-order valence-electron chi connectivity index (χ0n) is 13.1. The molecule has 120 valence electrons. The minimum atomic E-state index is -3.03. The number of rotatable bonds is 5. The fraction of sp³-hybridized carbons (Fsp3) is 0.588. The molecule has 1 N–H and O–H groups in total. The topological polar surface area (TPSA) is 63.2 Å². The summed E-state index contributed by atoms with van der Waals surface area (Å²) in [6, 6.07) is 8.30. The Balaban J connectivity index is 1.64. The highest BCUT2D eigenvalue weighted by atomic mass is 32.2. The highest BCUT2D eigenvalue weighted by molar-refractivity contribution is 7.90. The summed E-state index contributed by atoms with van der Waals surface area (Å²) in [7, 11) is -3.03. The number of nitrogens with one attached hydrogen (secondary N) is 1. The molecule has 4 nitrogen and oxygen atoms in total. The van der Waals surface area contributed by atoms with Crippen molar-refractivity contribution in [2.75, 3.05) is 12.0 Å². The van der Waals surface area contributed by atoms with Crippen LogP contribution in [-0.2, 0) is 14.6 Å². The molecular formula is C17H23NO3S. The Morgan fingerprint density at radius 3 is 2.50 bits per heavy atom. The number of sulfone groups is 1. The summed E-state index contributed by atoms with van der Waals surface area (Å²) in [6.07, 6.45) is 4.17. The minimum Gasteiger partial charge on any atom is -0.349 e. The molecule has 2 aliphatic rings. The van der Waals surface area contributed by atoms with Gasteiger partial charge in [-0.05, 0) is 41.7 Å². The molecule has 0 heterocycles. The van der Waals surface area contributed by atoms with Crippen molar-refractivity contribution < 1.29 is 13.2 Å². The second kappa shape index (κ2) is 5.37. The first kappa shape index (κ1) is 15.5. The first-order chi connectivity index (χ1) is 10.3. The number of carbonyl (C=O) groups is 1. The summed E-state index contributed by atoms with van der Waals surface area (Å²) < 4.78 is 23.0. The highest BCUT2D eigenvalue weighted by Crippen LogP contribution is 2.50. The van der Waals surface area contributed by atoms with Gasteiger partial charge in [0, 0.05) is 12.7 Å². The van der Waals surface area contributed by atoms with Gasteiger partial charge in [-0.25, -0.2) is 8.42 Å². The average molecular weight is 321 g/mol. The summed E-state index contributed by atoms with van der Waals surface area (Å²) in [6.45, 7) is 2.18. The predicted molar refractivity (Wildman–Crippen MR) is 86.4 cm³/mol. The number of carbonyl (C=O) groups excluding carboxylic acids is 1.